The molecule has 0 atom stereocenters. The van der Waals surface area contributed by atoms with Crippen LogP contribution in [-0.2, 0) is 6.61 Å². The van der Waals surface area contributed by atoms with Crippen molar-refractivity contribution in [3.8, 4) is 11.3 Å². The van der Waals surface area contributed by atoms with Crippen molar-refractivity contribution in [2.45, 2.75) is 19.4 Å². The maximum atomic E-state index is 12.2. The van der Waals surface area contributed by atoms with Gasteiger partial charge >= 0.3 is 0 Å². The van der Waals surface area contributed by atoms with E-state index >= 15 is 0 Å². The predicted molar refractivity (Wildman–Crippen MR) is 86.4 cm³/mol. The highest BCUT2D eigenvalue weighted by Crippen LogP contribution is 2.21. The molecule has 0 bridgehead atoms. The number of anilines is 1. The second-order valence-electron chi connectivity index (χ2n) is 5.72. The van der Waals surface area contributed by atoms with Crippen molar-refractivity contribution < 1.29 is 5.11 Å². The van der Waals surface area contributed by atoms with Crippen molar-refractivity contribution in [3.63, 3.8) is 0 Å². The highest BCUT2D eigenvalue weighted by molar-refractivity contribution is 5.61. The van der Waals surface area contributed by atoms with E-state index in [-0.39, 0.29) is 12.2 Å². The largest absolute Gasteiger partial charge is 0.390 e. The molecule has 3 aromatic rings. The summed E-state index contributed by atoms with van der Waals surface area (Å²) in [6.07, 6.45) is 5.92. The first-order chi connectivity index (χ1) is 11.2. The lowest BCUT2D eigenvalue weighted by molar-refractivity contribution is 0.276. The zero-order chi connectivity index (χ0) is 15.8. The molecule has 1 fully saturated rings. The van der Waals surface area contributed by atoms with E-state index in [4.69, 9.17) is 5.11 Å². The molecule has 0 aromatic carbocycles. The van der Waals surface area contributed by atoms with Gasteiger partial charge in [-0.1, -0.05) is 0 Å². The molecule has 0 amide bonds. The number of hydrogen-bond acceptors (Lipinski definition) is 5. The van der Waals surface area contributed by atoms with Crippen LogP contribution in [0.25, 0.3) is 16.8 Å². The normalized spacial score (nSPS) is 14.7. The van der Waals surface area contributed by atoms with Gasteiger partial charge in [-0.25, -0.2) is 9.50 Å². The number of fused-ring (bicyclic) bond motifs is 1. The van der Waals surface area contributed by atoms with Crippen molar-refractivity contribution in [1.29, 1.82) is 0 Å². The molecular formula is C16H17N5O2. The monoisotopic (exact) mass is 311 g/mol. The Labute approximate surface area is 132 Å². The quantitative estimate of drug-likeness (QED) is 0.758. The zero-order valence-corrected chi connectivity index (χ0v) is 12.6. The number of nitrogens with zero attached hydrogens (tertiary/aromatic N) is 4. The fourth-order valence-corrected chi connectivity index (χ4v) is 2.96. The molecule has 0 spiro atoms. The number of hydrogen-bond donors (Lipinski definition) is 2. The topological polar surface area (TPSA) is 86.5 Å². The van der Waals surface area contributed by atoms with E-state index < -0.39 is 0 Å². The summed E-state index contributed by atoms with van der Waals surface area (Å²) in [5, 5.41) is 13.3. The molecule has 4 heterocycles. The molecule has 7 heteroatoms. The van der Waals surface area contributed by atoms with Crippen LogP contribution in [0.5, 0.6) is 0 Å². The molecule has 3 aromatic heterocycles. The van der Waals surface area contributed by atoms with Crippen LogP contribution in [0.15, 0.2) is 35.4 Å². The Morgan fingerprint density at radius 3 is 2.78 bits per heavy atom. The fraction of sp³-hybridized carbons (Fsp3) is 0.312. The molecule has 0 radical (unpaired) electrons. The van der Waals surface area contributed by atoms with Crippen LogP contribution in [0, 0.1) is 0 Å². The molecule has 0 aliphatic carbocycles. The van der Waals surface area contributed by atoms with Crippen LogP contribution in [0.4, 0.5) is 5.82 Å². The molecule has 118 valence electrons. The fourth-order valence-electron chi connectivity index (χ4n) is 2.96. The van der Waals surface area contributed by atoms with Crippen molar-refractivity contribution in [2.75, 3.05) is 18.0 Å². The Hall–Kier alpha value is -2.67. The van der Waals surface area contributed by atoms with Gasteiger partial charge in [0, 0.05) is 24.8 Å². The minimum atomic E-state index is -0.238. The highest BCUT2D eigenvalue weighted by atomic mass is 16.3. The van der Waals surface area contributed by atoms with Crippen LogP contribution in [0.1, 0.15) is 18.5 Å². The van der Waals surface area contributed by atoms with Gasteiger partial charge in [-0.2, -0.15) is 5.10 Å². The van der Waals surface area contributed by atoms with E-state index in [2.05, 4.69) is 20.0 Å². The molecule has 1 saturated heterocycles. The lowest BCUT2D eigenvalue weighted by Gasteiger charge is -2.16. The third kappa shape index (κ3) is 2.49. The minimum Gasteiger partial charge on any atom is -0.390 e. The lowest BCUT2D eigenvalue weighted by atomic mass is 10.2. The van der Waals surface area contributed by atoms with Gasteiger partial charge in [0.05, 0.1) is 24.2 Å². The Morgan fingerprint density at radius 2 is 2.09 bits per heavy atom. The SMILES string of the molecule is O=c1[nH]c(-c2ccc(N3CCCC3)nc2)cn2nc(CO)cc12. The van der Waals surface area contributed by atoms with Gasteiger partial charge in [0.1, 0.15) is 11.3 Å². The average Bonchev–Trinajstić information content (AvgIpc) is 3.24. The number of pyridine rings is 1. The molecule has 1 aliphatic rings. The Morgan fingerprint density at radius 1 is 1.26 bits per heavy atom. The van der Waals surface area contributed by atoms with Crippen LogP contribution in [0.2, 0.25) is 0 Å². The molecule has 4 rings (SSSR count). The summed E-state index contributed by atoms with van der Waals surface area (Å²) in [7, 11) is 0. The average molecular weight is 311 g/mol. The van der Waals surface area contributed by atoms with E-state index in [9.17, 15) is 4.79 Å². The molecule has 0 unspecified atom stereocenters. The standard InChI is InChI=1S/C16H17N5O2/c22-10-12-7-14-16(23)18-13(9-21(14)19-12)11-3-4-15(17-8-11)20-5-1-2-6-20/h3-4,7-9,22H,1-2,5-6,10H2,(H,18,23). The molecule has 1 aliphatic heterocycles. The van der Waals surface area contributed by atoms with Crippen molar-refractivity contribution in [2.24, 2.45) is 0 Å². The van der Waals surface area contributed by atoms with Gasteiger partial charge in [0.2, 0.25) is 0 Å². The number of nitrogens with one attached hydrogen (secondary N) is 1. The third-order valence-electron chi connectivity index (χ3n) is 4.17. The Balaban J connectivity index is 1.72. The van der Waals surface area contributed by atoms with E-state index in [0.29, 0.717) is 16.9 Å². The van der Waals surface area contributed by atoms with Crippen LogP contribution >= 0.6 is 0 Å². The second kappa shape index (κ2) is 5.51. The molecule has 2 N–H and O–H groups in total. The summed E-state index contributed by atoms with van der Waals surface area (Å²) in [6, 6.07) is 5.51. The van der Waals surface area contributed by atoms with Crippen molar-refractivity contribution in [3.05, 3.63) is 46.6 Å². The molecule has 23 heavy (non-hydrogen) atoms. The number of H-pyrrole nitrogens is 1. The summed E-state index contributed by atoms with van der Waals surface area (Å²) < 4.78 is 1.49. The van der Waals surface area contributed by atoms with Gasteiger partial charge < -0.3 is 15.0 Å². The van der Waals surface area contributed by atoms with Crippen molar-refractivity contribution in [1.82, 2.24) is 19.6 Å². The summed E-state index contributed by atoms with van der Waals surface area (Å²) in [6.45, 7) is 1.90. The summed E-state index contributed by atoms with van der Waals surface area (Å²) in [4.78, 5) is 21.8. The number of aliphatic hydroxyl groups excluding tert-OH is 1. The minimum absolute atomic E-state index is 0.192. The molecule has 0 saturated carbocycles. The lowest BCUT2D eigenvalue weighted by Crippen LogP contribution is -2.18. The summed E-state index contributed by atoms with van der Waals surface area (Å²) in [5.41, 5.74) is 2.12. The highest BCUT2D eigenvalue weighted by Gasteiger charge is 2.14. The van der Waals surface area contributed by atoms with Crippen LogP contribution in [-0.4, -0.2) is 37.8 Å². The number of aliphatic hydroxyl groups is 1. The smallest absolute Gasteiger partial charge is 0.274 e. The first-order valence-electron chi connectivity index (χ1n) is 7.68. The number of rotatable bonds is 3. The van der Waals surface area contributed by atoms with Gasteiger partial charge in [-0.05, 0) is 31.0 Å². The maximum Gasteiger partial charge on any atom is 0.274 e. The van der Waals surface area contributed by atoms with Gasteiger partial charge in [-0.15, -0.1) is 0 Å². The van der Waals surface area contributed by atoms with Crippen LogP contribution < -0.4 is 10.5 Å². The zero-order valence-electron chi connectivity index (χ0n) is 12.6. The Kier molecular flexibility index (Phi) is 3.34. The third-order valence-corrected chi connectivity index (χ3v) is 4.17. The first kappa shape index (κ1) is 14.0. The second-order valence-corrected chi connectivity index (χ2v) is 5.72. The summed E-state index contributed by atoms with van der Waals surface area (Å²) >= 11 is 0. The van der Waals surface area contributed by atoms with Crippen molar-refractivity contribution >= 4 is 11.3 Å². The van der Waals surface area contributed by atoms with Gasteiger partial charge in [0.25, 0.3) is 5.56 Å². The Bertz CT molecular complexity index is 891. The van der Waals surface area contributed by atoms with Crippen LogP contribution in [0.3, 0.4) is 0 Å². The number of aromatic nitrogens is 4. The van der Waals surface area contributed by atoms with Gasteiger partial charge in [0.15, 0.2) is 0 Å². The van der Waals surface area contributed by atoms with E-state index in [1.807, 2.05) is 12.1 Å². The van der Waals surface area contributed by atoms with Gasteiger partial charge in [-0.3, -0.25) is 4.79 Å². The maximum absolute atomic E-state index is 12.2. The van der Waals surface area contributed by atoms with E-state index in [1.54, 1.807) is 18.5 Å². The molecule has 7 nitrogen and oxygen atoms in total. The summed E-state index contributed by atoms with van der Waals surface area (Å²) in [5.74, 6) is 0.969. The predicted octanol–water partition coefficient (Wildman–Crippen LogP) is 1.18. The first-order valence-corrected chi connectivity index (χ1v) is 7.68. The molecular weight excluding hydrogens is 294 g/mol. The van der Waals surface area contributed by atoms with E-state index in [0.717, 1.165) is 24.5 Å². The number of aromatic amines is 1. The van der Waals surface area contributed by atoms with E-state index in [1.165, 1.54) is 17.4 Å².